The maximum Gasteiger partial charge on any atom is 0.127 e. The lowest BCUT2D eigenvalue weighted by atomic mass is 9.98. The molecule has 3 nitrogen and oxygen atoms in total. The molecule has 1 aliphatic carbocycles. The summed E-state index contributed by atoms with van der Waals surface area (Å²) in [5.74, 6) is 0.248. The molecule has 1 aromatic heterocycles. The van der Waals surface area contributed by atoms with E-state index in [9.17, 15) is 5.11 Å². The zero-order valence-corrected chi connectivity index (χ0v) is 15.0. The zero-order chi connectivity index (χ0) is 17.3. The Morgan fingerprint density at radius 1 is 1.17 bits per heavy atom. The number of nitrogens with one attached hydrogen (secondary N) is 1. The number of aromatic nitrogens is 2. The second-order valence-electron chi connectivity index (χ2n) is 5.94. The highest BCUT2D eigenvalue weighted by atomic mass is 35.5. The maximum absolute atomic E-state index is 10.6. The molecule has 24 heavy (non-hydrogen) atoms. The molecule has 0 fully saturated rings. The predicted molar refractivity (Wildman–Crippen MR) is 100 cm³/mol. The topological polar surface area (TPSA) is 48.9 Å². The molecule has 2 aromatic rings. The maximum atomic E-state index is 10.6. The molecule has 0 unspecified atom stereocenters. The normalized spacial score (nSPS) is 23.0. The lowest BCUT2D eigenvalue weighted by Gasteiger charge is -2.11. The minimum absolute atomic E-state index is 0.248. The van der Waals surface area contributed by atoms with Gasteiger partial charge in [-0.15, -0.1) is 0 Å². The number of benzene rings is 1. The summed E-state index contributed by atoms with van der Waals surface area (Å²) in [7, 11) is 0. The number of hydrogen-bond donors (Lipinski definition) is 2. The molecule has 1 heterocycles. The van der Waals surface area contributed by atoms with E-state index in [1.165, 1.54) is 5.57 Å². The smallest absolute Gasteiger partial charge is 0.127 e. The highest BCUT2D eigenvalue weighted by Gasteiger charge is 2.17. The number of H-pyrrole nitrogens is 1. The van der Waals surface area contributed by atoms with Crippen molar-refractivity contribution in [2.45, 2.75) is 26.7 Å². The standard InChI is InChI=1S/C19H18Cl2N2O/c1-11-5-3-6-13(19(24)12(2)9-11)16-10-17(23-22-16)18-14(20)7-4-8-15(18)21/h4,6-10,24H,3,5H2,1-2H3,(H,22,23)/b11-9-,13-6-,19-12+. The second kappa shape index (κ2) is 6.88. The van der Waals surface area contributed by atoms with Gasteiger partial charge in [-0.1, -0.05) is 47.0 Å². The summed E-state index contributed by atoms with van der Waals surface area (Å²) in [5, 5.41) is 19.0. The van der Waals surface area contributed by atoms with Gasteiger partial charge in [0.1, 0.15) is 5.76 Å². The number of rotatable bonds is 2. The van der Waals surface area contributed by atoms with E-state index in [0.29, 0.717) is 21.3 Å². The fourth-order valence-electron chi connectivity index (χ4n) is 2.83. The average Bonchev–Trinajstić information content (AvgIpc) is 2.99. The number of halogens is 2. The van der Waals surface area contributed by atoms with E-state index >= 15 is 0 Å². The molecule has 0 amide bonds. The van der Waals surface area contributed by atoms with Crippen molar-refractivity contribution in [1.29, 1.82) is 0 Å². The Labute approximate surface area is 151 Å². The third-order valence-corrected chi connectivity index (χ3v) is 4.69. The Balaban J connectivity index is 2.05. The predicted octanol–water partition coefficient (Wildman–Crippen LogP) is 6.34. The fourth-order valence-corrected chi connectivity index (χ4v) is 3.43. The van der Waals surface area contributed by atoms with E-state index < -0.39 is 0 Å². The molecular weight excluding hydrogens is 343 g/mol. The number of hydrogen-bond acceptors (Lipinski definition) is 2. The van der Waals surface area contributed by atoms with E-state index in [2.05, 4.69) is 17.1 Å². The quantitative estimate of drug-likeness (QED) is 0.656. The minimum atomic E-state index is 0.248. The molecular formula is C19H18Cl2N2O. The lowest BCUT2D eigenvalue weighted by Crippen LogP contribution is -1.96. The number of nitrogens with zero attached hydrogens (tertiary/aromatic N) is 1. The first-order valence-corrected chi connectivity index (χ1v) is 8.50. The summed E-state index contributed by atoms with van der Waals surface area (Å²) in [6.45, 7) is 3.97. The summed E-state index contributed by atoms with van der Waals surface area (Å²) >= 11 is 12.5. The van der Waals surface area contributed by atoms with Crippen molar-refractivity contribution in [2.24, 2.45) is 0 Å². The fraction of sp³-hybridized carbons (Fsp3) is 0.211. The molecule has 1 aliphatic rings. The summed E-state index contributed by atoms with van der Waals surface area (Å²) in [5.41, 5.74) is 4.91. The second-order valence-corrected chi connectivity index (χ2v) is 6.76. The number of aliphatic hydroxyl groups is 1. The van der Waals surface area contributed by atoms with E-state index in [0.717, 1.165) is 29.7 Å². The van der Waals surface area contributed by atoms with Crippen LogP contribution in [-0.2, 0) is 0 Å². The van der Waals surface area contributed by atoms with Gasteiger partial charge in [-0.25, -0.2) is 0 Å². The summed E-state index contributed by atoms with van der Waals surface area (Å²) in [6.07, 6.45) is 5.84. The SMILES string of the molecule is C/C1=C/C(C)=C(O)\C(c2cc(-c3c(Cl)cccc3Cl)[nH]n2)=C/CC1. The van der Waals surface area contributed by atoms with Crippen molar-refractivity contribution in [3.05, 3.63) is 69.1 Å². The molecule has 0 saturated heterocycles. The summed E-state index contributed by atoms with van der Waals surface area (Å²) in [6, 6.07) is 7.23. The lowest BCUT2D eigenvalue weighted by molar-refractivity contribution is 0.432. The largest absolute Gasteiger partial charge is 0.507 e. The van der Waals surface area contributed by atoms with Crippen LogP contribution >= 0.6 is 23.2 Å². The van der Waals surface area contributed by atoms with Crippen LogP contribution < -0.4 is 0 Å². The van der Waals surface area contributed by atoms with Crippen molar-refractivity contribution in [3.8, 4) is 11.3 Å². The van der Waals surface area contributed by atoms with Gasteiger partial charge >= 0.3 is 0 Å². The highest BCUT2D eigenvalue weighted by molar-refractivity contribution is 6.39. The van der Waals surface area contributed by atoms with Gasteiger partial charge in [0.15, 0.2) is 0 Å². The van der Waals surface area contributed by atoms with Gasteiger partial charge in [-0.2, -0.15) is 5.10 Å². The molecule has 0 bridgehead atoms. The van der Waals surface area contributed by atoms with Crippen LogP contribution in [0, 0.1) is 0 Å². The van der Waals surface area contributed by atoms with Crippen LogP contribution in [0.15, 0.2) is 53.3 Å². The van der Waals surface area contributed by atoms with Gasteiger partial charge in [-0.05, 0) is 50.5 Å². The van der Waals surface area contributed by atoms with Crippen molar-refractivity contribution < 1.29 is 5.11 Å². The third kappa shape index (κ3) is 3.28. The molecule has 0 atom stereocenters. The Morgan fingerprint density at radius 3 is 2.58 bits per heavy atom. The van der Waals surface area contributed by atoms with Crippen LogP contribution in [-0.4, -0.2) is 15.3 Å². The van der Waals surface area contributed by atoms with E-state index in [-0.39, 0.29) is 5.76 Å². The molecule has 0 saturated carbocycles. The van der Waals surface area contributed by atoms with E-state index in [1.807, 2.05) is 25.1 Å². The first kappa shape index (κ1) is 16.9. The molecule has 3 rings (SSSR count). The van der Waals surface area contributed by atoms with Crippen molar-refractivity contribution in [1.82, 2.24) is 10.2 Å². The van der Waals surface area contributed by atoms with Crippen LogP contribution in [0.25, 0.3) is 16.8 Å². The average molecular weight is 361 g/mol. The van der Waals surface area contributed by atoms with Gasteiger partial charge in [0.2, 0.25) is 0 Å². The van der Waals surface area contributed by atoms with Crippen LogP contribution in [0.4, 0.5) is 0 Å². The van der Waals surface area contributed by atoms with E-state index in [1.54, 1.807) is 18.2 Å². The zero-order valence-electron chi connectivity index (χ0n) is 13.5. The minimum Gasteiger partial charge on any atom is -0.507 e. The van der Waals surface area contributed by atoms with Crippen molar-refractivity contribution in [2.75, 3.05) is 0 Å². The van der Waals surface area contributed by atoms with Gasteiger partial charge < -0.3 is 5.11 Å². The first-order chi connectivity index (χ1) is 11.5. The van der Waals surface area contributed by atoms with Gasteiger partial charge in [-0.3, -0.25) is 5.10 Å². The Bertz CT molecular complexity index is 855. The Morgan fingerprint density at radius 2 is 1.88 bits per heavy atom. The van der Waals surface area contributed by atoms with Crippen molar-refractivity contribution in [3.63, 3.8) is 0 Å². The number of allylic oxidation sites excluding steroid dienone is 5. The van der Waals surface area contributed by atoms with Gasteiger partial charge in [0, 0.05) is 11.1 Å². The molecule has 124 valence electrons. The molecule has 0 spiro atoms. The third-order valence-electron chi connectivity index (χ3n) is 4.06. The van der Waals surface area contributed by atoms with Gasteiger partial charge in [0.05, 0.1) is 21.4 Å². The van der Waals surface area contributed by atoms with Crippen LogP contribution in [0.2, 0.25) is 10.0 Å². The first-order valence-electron chi connectivity index (χ1n) is 7.75. The Kier molecular flexibility index (Phi) is 4.83. The van der Waals surface area contributed by atoms with Crippen LogP contribution in [0.1, 0.15) is 32.4 Å². The molecule has 1 aromatic carbocycles. The van der Waals surface area contributed by atoms with Crippen LogP contribution in [0.3, 0.4) is 0 Å². The van der Waals surface area contributed by atoms with Crippen molar-refractivity contribution >= 4 is 28.8 Å². The van der Waals surface area contributed by atoms with Crippen LogP contribution in [0.5, 0.6) is 0 Å². The monoisotopic (exact) mass is 360 g/mol. The Hall–Kier alpha value is -1.97. The summed E-state index contributed by atoms with van der Waals surface area (Å²) in [4.78, 5) is 0. The number of aliphatic hydroxyl groups excluding tert-OH is 1. The molecule has 5 heteroatoms. The number of aromatic amines is 1. The van der Waals surface area contributed by atoms with Gasteiger partial charge in [0.25, 0.3) is 0 Å². The van der Waals surface area contributed by atoms with E-state index in [4.69, 9.17) is 23.2 Å². The molecule has 2 N–H and O–H groups in total. The highest BCUT2D eigenvalue weighted by Crippen LogP contribution is 2.35. The molecule has 0 radical (unpaired) electrons. The molecule has 0 aliphatic heterocycles. The summed E-state index contributed by atoms with van der Waals surface area (Å²) < 4.78 is 0.